The van der Waals surface area contributed by atoms with Crippen molar-refractivity contribution < 1.29 is 33.3 Å². The van der Waals surface area contributed by atoms with Gasteiger partial charge in [0.2, 0.25) is 12.3 Å². The van der Waals surface area contributed by atoms with Gasteiger partial charge in [0, 0.05) is 28.8 Å². The van der Waals surface area contributed by atoms with Gasteiger partial charge < -0.3 is 25.4 Å². The lowest BCUT2D eigenvalue weighted by molar-refractivity contribution is -0.689. The molecule has 3 aromatic heterocycles. The minimum atomic E-state index is -1.22. The molecule has 16 heteroatoms. The molecular weight excluding hydrogens is 524 g/mol. The van der Waals surface area contributed by atoms with Gasteiger partial charge in [0.1, 0.15) is 29.9 Å². The number of carbonyl (C=O) groups is 3. The lowest BCUT2D eigenvalue weighted by Crippen LogP contribution is -2.71. The van der Waals surface area contributed by atoms with Crippen molar-refractivity contribution in [1.82, 2.24) is 25.4 Å². The van der Waals surface area contributed by atoms with Gasteiger partial charge in [-0.25, -0.2) is 14.3 Å². The zero-order valence-corrected chi connectivity index (χ0v) is 20.7. The molecule has 4 N–H and O–H groups in total. The van der Waals surface area contributed by atoms with Crippen LogP contribution in [-0.2, 0) is 25.8 Å². The van der Waals surface area contributed by atoms with Gasteiger partial charge in [-0.2, -0.15) is 0 Å². The summed E-state index contributed by atoms with van der Waals surface area (Å²) in [5.41, 5.74) is 6.89. The molecule has 2 atom stereocenters. The third-order valence-electron chi connectivity index (χ3n) is 5.57. The average molecular weight is 544 g/mol. The molecule has 5 heterocycles. The molecule has 1 fully saturated rings. The van der Waals surface area contributed by atoms with Gasteiger partial charge in [0.05, 0.1) is 5.56 Å². The van der Waals surface area contributed by atoms with Crippen LogP contribution in [0.3, 0.4) is 0 Å². The van der Waals surface area contributed by atoms with Crippen LogP contribution in [0.25, 0.3) is 11.5 Å². The van der Waals surface area contributed by atoms with Crippen LogP contribution in [0.15, 0.2) is 57.1 Å². The number of aliphatic carboxylic acids is 1. The van der Waals surface area contributed by atoms with Gasteiger partial charge in [-0.15, -0.1) is 33.3 Å². The molecule has 0 saturated carbocycles. The predicted molar refractivity (Wildman–Crippen MR) is 130 cm³/mol. The molecule has 37 heavy (non-hydrogen) atoms. The number of pyridine rings is 1. The Morgan fingerprint density at radius 3 is 2.81 bits per heavy atom. The number of nitrogen functional groups attached to an aromatic ring is 1. The number of hydrogen-bond donors (Lipinski definition) is 3. The van der Waals surface area contributed by atoms with Crippen LogP contribution in [0.5, 0.6) is 0 Å². The number of carbonyl (C=O) groups excluding carboxylic acids is 2. The van der Waals surface area contributed by atoms with Gasteiger partial charge in [-0.3, -0.25) is 14.5 Å². The van der Waals surface area contributed by atoms with Crippen molar-refractivity contribution in [3.8, 4) is 11.5 Å². The van der Waals surface area contributed by atoms with Crippen molar-refractivity contribution in [3.63, 3.8) is 0 Å². The summed E-state index contributed by atoms with van der Waals surface area (Å²) < 4.78 is 6.96. The van der Waals surface area contributed by atoms with E-state index in [0.717, 1.165) is 11.3 Å². The Morgan fingerprint density at radius 2 is 2.19 bits per heavy atom. The molecule has 14 nitrogen and oxygen atoms in total. The second-order valence-corrected chi connectivity index (χ2v) is 9.81. The number of β-lactam (4-membered cyclic amide) rings is 1. The van der Waals surface area contributed by atoms with Gasteiger partial charge >= 0.3 is 5.97 Å². The van der Waals surface area contributed by atoms with Gasteiger partial charge in [-0.1, -0.05) is 5.16 Å². The van der Waals surface area contributed by atoms with E-state index in [1.165, 1.54) is 30.2 Å². The second-order valence-electron chi connectivity index (χ2n) is 7.81. The van der Waals surface area contributed by atoms with Gasteiger partial charge in [0.15, 0.2) is 29.8 Å². The van der Waals surface area contributed by atoms with Crippen LogP contribution < -0.4 is 15.6 Å². The quantitative estimate of drug-likeness (QED) is 0.148. The molecule has 5 rings (SSSR count). The normalized spacial score (nSPS) is 19.3. The Bertz CT molecular complexity index is 1420. The largest absolute Gasteiger partial charge is 0.477 e. The van der Waals surface area contributed by atoms with Crippen LogP contribution in [-0.4, -0.2) is 73.0 Å². The number of aromatic nitrogens is 4. The van der Waals surface area contributed by atoms with E-state index in [0.29, 0.717) is 22.8 Å². The van der Waals surface area contributed by atoms with Crippen LogP contribution in [0.4, 0.5) is 5.13 Å². The summed E-state index contributed by atoms with van der Waals surface area (Å²) in [6.07, 6.45) is 4.74. The molecule has 0 unspecified atom stereocenters. The number of rotatable bonds is 8. The topological polar surface area (TPSA) is 190 Å². The number of fused-ring (bicyclic) bond motifs is 1. The van der Waals surface area contributed by atoms with E-state index >= 15 is 0 Å². The number of anilines is 1. The third-order valence-corrected chi connectivity index (χ3v) is 7.58. The zero-order chi connectivity index (χ0) is 26.1. The molecule has 0 spiro atoms. The summed E-state index contributed by atoms with van der Waals surface area (Å²) in [6.45, 7) is 0.252. The third kappa shape index (κ3) is 4.63. The molecule has 2 aliphatic heterocycles. The fraction of sp³-hybridized carbons (Fsp3) is 0.238. The molecule has 3 aromatic rings. The van der Waals surface area contributed by atoms with E-state index in [4.69, 9.17) is 15.0 Å². The van der Waals surface area contributed by atoms with E-state index in [2.05, 4.69) is 25.7 Å². The molecule has 190 valence electrons. The predicted octanol–water partition coefficient (Wildman–Crippen LogP) is -0.148. The van der Waals surface area contributed by atoms with E-state index in [-0.39, 0.29) is 28.8 Å². The Hall–Kier alpha value is -4.31. The number of amides is 2. The maximum Gasteiger partial charge on any atom is 0.352 e. The SMILES string of the molecule is CO/N=C(/C(=O)N[C@H]1C(=O)N2C(C(=O)O)=C(C[n+]3ccc(-c4nnco4)cc3)CS[C@@H]12)c1csc(N)n1. The zero-order valence-electron chi connectivity index (χ0n) is 19.1. The summed E-state index contributed by atoms with van der Waals surface area (Å²) in [5.74, 6) is -1.73. The number of carboxylic acid groups (broad SMARTS) is 1. The number of carboxylic acids is 1. The number of thioether (sulfide) groups is 1. The molecule has 1 saturated heterocycles. The molecular formula is C21H19N8O6S2+. The molecule has 0 aliphatic carbocycles. The summed E-state index contributed by atoms with van der Waals surface area (Å²) >= 11 is 2.48. The number of hydrogen-bond acceptors (Lipinski definition) is 12. The van der Waals surface area contributed by atoms with Gasteiger partial charge in [0.25, 0.3) is 11.8 Å². The minimum Gasteiger partial charge on any atom is -0.477 e. The Balaban J connectivity index is 1.32. The van der Waals surface area contributed by atoms with Crippen LogP contribution >= 0.6 is 23.1 Å². The number of thiazole rings is 1. The van der Waals surface area contributed by atoms with Crippen LogP contribution in [0, 0.1) is 0 Å². The standard InChI is InChI=1S/C21H18N8O6S2/c1-34-27-13(12-8-37-21(22)24-12)16(30)25-14-18(31)29-15(20(32)33)11(7-36-19(14)29)6-28-4-2-10(3-5-28)17-26-23-9-35-17/h2-5,8-9,14,19H,6-7H2,1H3,(H3-,22,24,25,30,32,33)/p+1/b27-13+/t14-,19-/m0/s1. The first-order valence-electron chi connectivity index (χ1n) is 10.7. The van der Waals surface area contributed by atoms with E-state index in [1.807, 2.05) is 0 Å². The lowest BCUT2D eigenvalue weighted by atomic mass is 10.0. The molecule has 2 aliphatic rings. The number of nitrogens with zero attached hydrogens (tertiary/aromatic N) is 6. The fourth-order valence-corrected chi connectivity index (χ4v) is 5.81. The lowest BCUT2D eigenvalue weighted by Gasteiger charge is -2.49. The number of nitrogens with two attached hydrogens (primary N) is 1. The van der Waals surface area contributed by atoms with Crippen molar-refractivity contribution in [3.05, 3.63) is 53.3 Å². The van der Waals surface area contributed by atoms with Crippen LogP contribution in [0.2, 0.25) is 0 Å². The van der Waals surface area contributed by atoms with Crippen molar-refractivity contribution >= 4 is 51.7 Å². The maximum absolute atomic E-state index is 13.0. The minimum absolute atomic E-state index is 0.0919. The average Bonchev–Trinajstić information content (AvgIpc) is 3.58. The van der Waals surface area contributed by atoms with Crippen molar-refractivity contribution in [2.75, 3.05) is 18.6 Å². The summed E-state index contributed by atoms with van der Waals surface area (Å²) in [7, 11) is 1.28. The monoisotopic (exact) mass is 543 g/mol. The molecule has 0 bridgehead atoms. The smallest absolute Gasteiger partial charge is 0.352 e. The van der Waals surface area contributed by atoms with Crippen molar-refractivity contribution in [1.29, 1.82) is 0 Å². The maximum atomic E-state index is 13.0. The molecule has 0 radical (unpaired) electrons. The van der Waals surface area contributed by atoms with Crippen LogP contribution in [0.1, 0.15) is 5.69 Å². The number of nitrogens with one attached hydrogen (secondary N) is 1. The molecule has 2 amide bonds. The molecule has 0 aromatic carbocycles. The summed E-state index contributed by atoms with van der Waals surface area (Å²) in [6, 6.07) is 2.60. The van der Waals surface area contributed by atoms with Crippen molar-refractivity contribution in [2.45, 2.75) is 18.0 Å². The highest BCUT2D eigenvalue weighted by atomic mass is 32.2. The van der Waals surface area contributed by atoms with E-state index in [1.54, 1.807) is 34.5 Å². The first kappa shape index (κ1) is 24.4. The van der Waals surface area contributed by atoms with Gasteiger partial charge in [-0.05, 0) is 0 Å². The summed E-state index contributed by atoms with van der Waals surface area (Å²) in [4.78, 5) is 48.0. The Labute approximate surface area is 216 Å². The Morgan fingerprint density at radius 1 is 1.41 bits per heavy atom. The first-order chi connectivity index (χ1) is 17.9. The second kappa shape index (κ2) is 9.98. The van der Waals surface area contributed by atoms with E-state index < -0.39 is 29.2 Å². The fourth-order valence-electron chi connectivity index (χ4n) is 3.93. The highest BCUT2D eigenvalue weighted by Gasteiger charge is 2.54. The highest BCUT2D eigenvalue weighted by molar-refractivity contribution is 8.00. The van der Waals surface area contributed by atoms with E-state index in [9.17, 15) is 19.5 Å². The summed E-state index contributed by atoms with van der Waals surface area (Å²) in [5, 5.41) is 25.0. The number of oxime groups is 1. The Kier molecular flexibility index (Phi) is 6.58. The first-order valence-corrected chi connectivity index (χ1v) is 12.6. The van der Waals surface area contributed by atoms with Crippen molar-refractivity contribution in [2.24, 2.45) is 5.16 Å². The highest BCUT2D eigenvalue weighted by Crippen LogP contribution is 2.40.